The molecule has 3 heteroatoms. The van der Waals surface area contributed by atoms with Gasteiger partial charge in [0.2, 0.25) is 0 Å². The van der Waals surface area contributed by atoms with Gasteiger partial charge in [0.15, 0.2) is 5.82 Å². The summed E-state index contributed by atoms with van der Waals surface area (Å²) in [6.45, 7) is 1.88. The van der Waals surface area contributed by atoms with Gasteiger partial charge in [0.25, 0.3) is 0 Å². The van der Waals surface area contributed by atoms with Crippen molar-refractivity contribution >= 4 is 11.5 Å². The number of nitrogens with zero attached hydrogens (tertiary/aromatic N) is 2. The minimum Gasteiger partial charge on any atom is -0.360 e. The smallest absolute Gasteiger partial charge is 0.176 e. The van der Waals surface area contributed by atoms with Gasteiger partial charge < -0.3 is 9.42 Å². The Hall–Kier alpha value is -1.77. The molecule has 0 saturated heterocycles. The highest BCUT2D eigenvalue weighted by atomic mass is 16.5. The average Bonchev–Trinajstić information content (AvgIpc) is 2.65. The number of hydrogen-bond acceptors (Lipinski definition) is 3. The van der Waals surface area contributed by atoms with Crippen molar-refractivity contribution in [3.05, 3.63) is 42.2 Å². The molecule has 0 spiro atoms. The molecule has 2 rings (SSSR count). The predicted octanol–water partition coefficient (Wildman–Crippen LogP) is 2.75. The number of benzene rings is 1. The summed E-state index contributed by atoms with van der Waals surface area (Å²) in [6.07, 6.45) is 0. The van der Waals surface area contributed by atoms with Crippen LogP contribution in [0.5, 0.6) is 0 Å². The van der Waals surface area contributed by atoms with Crippen molar-refractivity contribution in [2.45, 2.75) is 6.92 Å². The second-order valence-corrected chi connectivity index (χ2v) is 3.19. The number of hydrogen-bond donors (Lipinski definition) is 0. The Morgan fingerprint density at radius 1 is 1.21 bits per heavy atom. The lowest BCUT2D eigenvalue weighted by atomic mass is 10.3. The van der Waals surface area contributed by atoms with Gasteiger partial charge in [-0.3, -0.25) is 0 Å². The topological polar surface area (TPSA) is 29.3 Å². The molecule has 0 saturated carbocycles. The molecule has 0 bridgehead atoms. The Morgan fingerprint density at radius 2 is 1.93 bits per heavy atom. The lowest BCUT2D eigenvalue weighted by Crippen LogP contribution is -2.09. The van der Waals surface area contributed by atoms with Crippen LogP contribution in [0.1, 0.15) is 5.76 Å². The van der Waals surface area contributed by atoms with Gasteiger partial charge in [-0.2, -0.15) is 0 Å². The van der Waals surface area contributed by atoms with Crippen molar-refractivity contribution in [1.29, 1.82) is 0 Å². The Labute approximate surface area is 82.9 Å². The van der Waals surface area contributed by atoms with E-state index in [0.29, 0.717) is 0 Å². The maximum atomic E-state index is 5.02. The van der Waals surface area contributed by atoms with E-state index >= 15 is 0 Å². The largest absolute Gasteiger partial charge is 0.360 e. The molecule has 3 nitrogen and oxygen atoms in total. The second kappa shape index (κ2) is 3.54. The van der Waals surface area contributed by atoms with Crippen LogP contribution < -0.4 is 4.90 Å². The standard InChI is InChI=1S/C11H12N2O/c1-9-8-11(12-14-9)13(2)10-6-4-3-5-7-10/h3-8H,1-2H3. The summed E-state index contributed by atoms with van der Waals surface area (Å²) >= 11 is 0. The van der Waals surface area contributed by atoms with Crippen LogP contribution in [0, 0.1) is 6.92 Å². The van der Waals surface area contributed by atoms with E-state index in [0.717, 1.165) is 17.3 Å². The summed E-state index contributed by atoms with van der Waals surface area (Å²) in [7, 11) is 1.96. The molecule has 1 aromatic carbocycles. The maximum absolute atomic E-state index is 5.02. The molecule has 0 aliphatic rings. The van der Waals surface area contributed by atoms with Crippen molar-refractivity contribution in [1.82, 2.24) is 5.16 Å². The molecule has 14 heavy (non-hydrogen) atoms. The van der Waals surface area contributed by atoms with Crippen molar-refractivity contribution in [3.63, 3.8) is 0 Å². The number of para-hydroxylation sites is 1. The van der Waals surface area contributed by atoms with Gasteiger partial charge in [-0.05, 0) is 19.1 Å². The normalized spacial score (nSPS) is 10.1. The molecule has 0 radical (unpaired) electrons. The average molecular weight is 188 g/mol. The van der Waals surface area contributed by atoms with E-state index in [1.807, 2.05) is 55.3 Å². The van der Waals surface area contributed by atoms with E-state index in [1.54, 1.807) is 0 Å². The molecule has 0 aliphatic heterocycles. The fourth-order valence-corrected chi connectivity index (χ4v) is 1.30. The highest BCUT2D eigenvalue weighted by Crippen LogP contribution is 2.21. The van der Waals surface area contributed by atoms with Crippen LogP contribution in [-0.4, -0.2) is 12.2 Å². The Kier molecular flexibility index (Phi) is 2.23. The highest BCUT2D eigenvalue weighted by molar-refractivity contribution is 5.58. The third-order valence-corrected chi connectivity index (χ3v) is 2.10. The zero-order valence-electron chi connectivity index (χ0n) is 8.27. The van der Waals surface area contributed by atoms with E-state index in [2.05, 4.69) is 5.16 Å². The fourth-order valence-electron chi connectivity index (χ4n) is 1.30. The predicted molar refractivity (Wildman–Crippen MR) is 55.7 cm³/mol. The molecule has 0 atom stereocenters. The molecule has 0 N–H and O–H groups in total. The molecule has 2 aromatic rings. The minimum absolute atomic E-state index is 0.822. The van der Waals surface area contributed by atoms with Gasteiger partial charge in [-0.1, -0.05) is 23.4 Å². The molecular formula is C11H12N2O. The summed E-state index contributed by atoms with van der Waals surface area (Å²) in [4.78, 5) is 1.98. The monoisotopic (exact) mass is 188 g/mol. The number of aryl methyl sites for hydroxylation is 1. The first kappa shape index (κ1) is 8.81. The zero-order chi connectivity index (χ0) is 9.97. The summed E-state index contributed by atoms with van der Waals surface area (Å²) < 4.78 is 5.02. The SMILES string of the molecule is Cc1cc(N(C)c2ccccc2)no1. The first-order valence-electron chi connectivity index (χ1n) is 4.49. The van der Waals surface area contributed by atoms with Crippen LogP contribution in [0.4, 0.5) is 11.5 Å². The maximum Gasteiger partial charge on any atom is 0.176 e. The summed E-state index contributed by atoms with van der Waals surface area (Å²) in [6, 6.07) is 12.0. The van der Waals surface area contributed by atoms with Crippen molar-refractivity contribution < 1.29 is 4.52 Å². The van der Waals surface area contributed by atoms with Gasteiger partial charge in [0, 0.05) is 18.8 Å². The van der Waals surface area contributed by atoms with E-state index in [-0.39, 0.29) is 0 Å². The van der Waals surface area contributed by atoms with Gasteiger partial charge in [-0.15, -0.1) is 0 Å². The number of rotatable bonds is 2. The first-order valence-corrected chi connectivity index (χ1v) is 4.49. The summed E-state index contributed by atoms with van der Waals surface area (Å²) in [5.41, 5.74) is 1.10. The Balaban J connectivity index is 2.29. The van der Waals surface area contributed by atoms with Crippen molar-refractivity contribution in [2.24, 2.45) is 0 Å². The van der Waals surface area contributed by atoms with E-state index < -0.39 is 0 Å². The van der Waals surface area contributed by atoms with E-state index in [9.17, 15) is 0 Å². The second-order valence-electron chi connectivity index (χ2n) is 3.19. The van der Waals surface area contributed by atoms with Crippen molar-refractivity contribution in [3.8, 4) is 0 Å². The van der Waals surface area contributed by atoms with Gasteiger partial charge in [0.1, 0.15) is 5.76 Å². The molecule has 1 aromatic heterocycles. The minimum atomic E-state index is 0.822. The number of aromatic nitrogens is 1. The van der Waals surface area contributed by atoms with Crippen LogP contribution in [0.3, 0.4) is 0 Å². The summed E-state index contributed by atoms with van der Waals surface area (Å²) in [5.74, 6) is 1.65. The molecule has 72 valence electrons. The quantitative estimate of drug-likeness (QED) is 0.725. The van der Waals surface area contributed by atoms with Crippen molar-refractivity contribution in [2.75, 3.05) is 11.9 Å². The lowest BCUT2D eigenvalue weighted by Gasteiger charge is -2.14. The van der Waals surface area contributed by atoms with Crippen LogP contribution in [0.15, 0.2) is 40.9 Å². The van der Waals surface area contributed by atoms with Crippen LogP contribution in [0.2, 0.25) is 0 Å². The Bertz CT molecular complexity index is 408. The molecule has 0 aliphatic carbocycles. The third-order valence-electron chi connectivity index (χ3n) is 2.10. The van der Waals surface area contributed by atoms with Gasteiger partial charge in [0.05, 0.1) is 0 Å². The Morgan fingerprint density at radius 3 is 2.50 bits per heavy atom. The molecular weight excluding hydrogens is 176 g/mol. The molecule has 1 heterocycles. The highest BCUT2D eigenvalue weighted by Gasteiger charge is 2.07. The third kappa shape index (κ3) is 1.62. The van der Waals surface area contributed by atoms with E-state index in [1.165, 1.54) is 0 Å². The van der Waals surface area contributed by atoms with Gasteiger partial charge >= 0.3 is 0 Å². The van der Waals surface area contributed by atoms with Crippen LogP contribution >= 0.6 is 0 Å². The fraction of sp³-hybridized carbons (Fsp3) is 0.182. The molecule has 0 unspecified atom stereocenters. The van der Waals surface area contributed by atoms with E-state index in [4.69, 9.17) is 4.52 Å². The van der Waals surface area contributed by atoms with Crippen LogP contribution in [0.25, 0.3) is 0 Å². The summed E-state index contributed by atoms with van der Waals surface area (Å²) in [5, 5.41) is 3.94. The molecule has 0 fully saturated rings. The number of anilines is 2. The zero-order valence-corrected chi connectivity index (χ0v) is 8.27. The molecule has 0 amide bonds. The first-order chi connectivity index (χ1) is 6.77. The van der Waals surface area contributed by atoms with Gasteiger partial charge in [-0.25, -0.2) is 0 Å². The lowest BCUT2D eigenvalue weighted by molar-refractivity contribution is 0.398. The van der Waals surface area contributed by atoms with Crippen LogP contribution in [-0.2, 0) is 0 Å².